The van der Waals surface area contributed by atoms with Gasteiger partial charge in [0.1, 0.15) is 12.0 Å². The summed E-state index contributed by atoms with van der Waals surface area (Å²) < 4.78 is 1.24. The van der Waals surface area contributed by atoms with Gasteiger partial charge < -0.3 is 0 Å². The van der Waals surface area contributed by atoms with Crippen molar-refractivity contribution in [2.75, 3.05) is 0 Å². The minimum Gasteiger partial charge on any atom is -0.289 e. The molecular weight excluding hydrogens is 190 g/mol. The highest BCUT2D eigenvalue weighted by Crippen LogP contribution is 2.08. The minimum absolute atomic E-state index is 0.0812. The summed E-state index contributed by atoms with van der Waals surface area (Å²) in [5.41, 5.74) is -1.14. The fourth-order valence-corrected chi connectivity index (χ4v) is 1.20. The molecule has 0 aliphatic rings. The second kappa shape index (κ2) is 2.62. The van der Waals surface area contributed by atoms with E-state index in [4.69, 9.17) is 0 Å². The first-order valence-corrected chi connectivity index (χ1v) is 3.68. The van der Waals surface area contributed by atoms with Crippen LogP contribution in [0.5, 0.6) is 0 Å². The molecule has 0 atom stereocenters. The topological polar surface area (TPSA) is 106 Å². The van der Waals surface area contributed by atoms with E-state index in [1.54, 1.807) is 0 Å². The summed E-state index contributed by atoms with van der Waals surface area (Å²) in [4.78, 5) is 21.3. The molecule has 0 radical (unpaired) electrons. The van der Waals surface area contributed by atoms with Gasteiger partial charge in [-0.2, -0.15) is 0 Å². The summed E-state index contributed by atoms with van der Waals surface area (Å²) in [7, 11) is 0. The Morgan fingerprint density at radius 3 is 3.00 bits per heavy atom. The fraction of sp³-hybridized carbons (Fsp3) is 0.167. The van der Waals surface area contributed by atoms with Crippen LogP contribution in [0.3, 0.4) is 0 Å². The van der Waals surface area contributed by atoms with Crippen molar-refractivity contribution in [3.05, 3.63) is 32.4 Å². The lowest BCUT2D eigenvalue weighted by Crippen LogP contribution is -2.15. The number of fused-ring (bicyclic) bond motifs is 1. The molecule has 72 valence electrons. The molecule has 0 unspecified atom stereocenters. The number of rotatable bonds is 1. The highest BCUT2D eigenvalue weighted by molar-refractivity contribution is 5.47. The number of H-pyrrole nitrogens is 1. The van der Waals surface area contributed by atoms with E-state index in [9.17, 15) is 14.9 Å². The zero-order valence-corrected chi connectivity index (χ0v) is 7.09. The lowest BCUT2D eigenvalue weighted by atomic mass is 10.3. The molecule has 0 saturated heterocycles. The number of aromatic amines is 1. The quantitative estimate of drug-likeness (QED) is 0.493. The SMILES string of the molecule is Cc1[nH]n2cnnc2c(=O)c1[N+](=O)[O-]. The number of nitro groups is 1. The van der Waals surface area contributed by atoms with Crippen LogP contribution < -0.4 is 5.43 Å². The molecule has 0 aliphatic heterocycles. The van der Waals surface area contributed by atoms with Gasteiger partial charge in [0.2, 0.25) is 5.65 Å². The average molecular weight is 195 g/mol. The molecule has 8 nitrogen and oxygen atoms in total. The molecule has 0 spiro atoms. The van der Waals surface area contributed by atoms with Crippen LogP contribution in [0.4, 0.5) is 5.69 Å². The van der Waals surface area contributed by atoms with Gasteiger partial charge in [0, 0.05) is 0 Å². The second-order valence-corrected chi connectivity index (χ2v) is 2.70. The maximum Gasteiger partial charge on any atom is 0.340 e. The maximum atomic E-state index is 11.5. The first-order chi connectivity index (χ1) is 6.61. The van der Waals surface area contributed by atoms with Crippen molar-refractivity contribution >= 4 is 11.3 Å². The molecular formula is C6H5N5O3. The van der Waals surface area contributed by atoms with Crippen LogP contribution in [0.1, 0.15) is 5.69 Å². The van der Waals surface area contributed by atoms with Crippen LogP contribution >= 0.6 is 0 Å². The van der Waals surface area contributed by atoms with Crippen LogP contribution in [-0.2, 0) is 0 Å². The second-order valence-electron chi connectivity index (χ2n) is 2.70. The number of aryl methyl sites for hydroxylation is 1. The smallest absolute Gasteiger partial charge is 0.289 e. The Balaban J connectivity index is 2.97. The van der Waals surface area contributed by atoms with Crippen molar-refractivity contribution in [1.82, 2.24) is 19.8 Å². The normalized spacial score (nSPS) is 10.6. The molecule has 0 fully saturated rings. The van der Waals surface area contributed by atoms with E-state index >= 15 is 0 Å². The molecule has 8 heteroatoms. The lowest BCUT2D eigenvalue weighted by molar-refractivity contribution is -0.386. The number of aromatic nitrogens is 4. The van der Waals surface area contributed by atoms with E-state index in [1.807, 2.05) is 0 Å². The standard InChI is InChI=1S/C6H5N5O3/c1-3-4(11(13)14)5(12)6-8-7-2-10(6)9-3/h2,9H,1H3. The Morgan fingerprint density at radius 1 is 1.64 bits per heavy atom. The number of hydrogen-bond donors (Lipinski definition) is 1. The Hall–Kier alpha value is -2.25. The van der Waals surface area contributed by atoms with Crippen LogP contribution in [0.15, 0.2) is 11.1 Å². The van der Waals surface area contributed by atoms with Gasteiger partial charge in [0.15, 0.2) is 0 Å². The Kier molecular flexibility index (Phi) is 1.56. The van der Waals surface area contributed by atoms with Crippen molar-refractivity contribution in [3.8, 4) is 0 Å². The highest BCUT2D eigenvalue weighted by Gasteiger charge is 2.20. The van der Waals surface area contributed by atoms with Gasteiger partial charge >= 0.3 is 11.1 Å². The molecule has 2 heterocycles. The van der Waals surface area contributed by atoms with E-state index < -0.39 is 16.0 Å². The molecule has 0 amide bonds. The van der Waals surface area contributed by atoms with Gasteiger partial charge in [0.05, 0.1) is 4.92 Å². The third-order valence-corrected chi connectivity index (χ3v) is 1.79. The molecule has 2 aromatic rings. The van der Waals surface area contributed by atoms with Gasteiger partial charge in [-0.1, -0.05) is 0 Å². The molecule has 0 bridgehead atoms. The van der Waals surface area contributed by atoms with Gasteiger partial charge in [0.25, 0.3) is 0 Å². The van der Waals surface area contributed by atoms with Crippen LogP contribution in [0, 0.1) is 17.0 Å². The van der Waals surface area contributed by atoms with E-state index in [0.29, 0.717) is 0 Å². The molecule has 2 aromatic heterocycles. The summed E-state index contributed by atoms with van der Waals surface area (Å²) in [6.45, 7) is 1.44. The molecule has 0 aromatic carbocycles. The number of nitrogens with one attached hydrogen (secondary N) is 1. The van der Waals surface area contributed by atoms with Gasteiger partial charge in [-0.25, -0.2) is 4.52 Å². The zero-order chi connectivity index (χ0) is 10.3. The highest BCUT2D eigenvalue weighted by atomic mass is 16.6. The van der Waals surface area contributed by atoms with Crippen molar-refractivity contribution in [3.63, 3.8) is 0 Å². The molecule has 14 heavy (non-hydrogen) atoms. The van der Waals surface area contributed by atoms with Gasteiger partial charge in [-0.15, -0.1) is 10.2 Å². The summed E-state index contributed by atoms with van der Waals surface area (Å²) in [5.74, 6) is 0. The molecule has 0 saturated carbocycles. The number of nitrogens with zero attached hydrogens (tertiary/aromatic N) is 4. The van der Waals surface area contributed by atoms with Crippen molar-refractivity contribution in [1.29, 1.82) is 0 Å². The lowest BCUT2D eigenvalue weighted by Gasteiger charge is -1.97. The van der Waals surface area contributed by atoms with E-state index in [0.717, 1.165) is 0 Å². The first kappa shape index (κ1) is 8.35. The van der Waals surface area contributed by atoms with Crippen molar-refractivity contribution < 1.29 is 4.92 Å². The third kappa shape index (κ3) is 0.969. The molecule has 1 N–H and O–H groups in total. The van der Waals surface area contributed by atoms with Crippen molar-refractivity contribution in [2.45, 2.75) is 6.92 Å². The monoisotopic (exact) mass is 195 g/mol. The van der Waals surface area contributed by atoms with Crippen LogP contribution in [-0.4, -0.2) is 24.7 Å². The Bertz CT molecular complexity index is 568. The number of hydrogen-bond acceptors (Lipinski definition) is 5. The summed E-state index contributed by atoms with van der Waals surface area (Å²) in [6, 6.07) is 0. The Morgan fingerprint density at radius 2 is 2.36 bits per heavy atom. The maximum absolute atomic E-state index is 11.5. The van der Waals surface area contributed by atoms with E-state index in [-0.39, 0.29) is 11.3 Å². The molecule has 0 aliphatic carbocycles. The van der Waals surface area contributed by atoms with Gasteiger partial charge in [-0.05, 0) is 6.92 Å². The fourth-order valence-electron chi connectivity index (χ4n) is 1.20. The Labute approximate surface area is 76.3 Å². The first-order valence-electron chi connectivity index (χ1n) is 3.68. The molecule has 2 rings (SSSR count). The predicted molar refractivity (Wildman–Crippen MR) is 45.0 cm³/mol. The summed E-state index contributed by atoms with van der Waals surface area (Å²) in [5, 5.41) is 20.1. The van der Waals surface area contributed by atoms with Crippen molar-refractivity contribution in [2.24, 2.45) is 0 Å². The van der Waals surface area contributed by atoms with Crippen LogP contribution in [0.25, 0.3) is 5.65 Å². The zero-order valence-electron chi connectivity index (χ0n) is 7.09. The van der Waals surface area contributed by atoms with E-state index in [2.05, 4.69) is 15.3 Å². The summed E-state index contributed by atoms with van der Waals surface area (Å²) >= 11 is 0. The predicted octanol–water partition coefficient (Wildman–Crippen LogP) is -0.366. The van der Waals surface area contributed by atoms with Crippen LogP contribution in [0.2, 0.25) is 0 Å². The summed E-state index contributed by atoms with van der Waals surface area (Å²) in [6.07, 6.45) is 1.27. The van der Waals surface area contributed by atoms with Gasteiger partial charge in [-0.3, -0.25) is 20.0 Å². The van der Waals surface area contributed by atoms with E-state index in [1.165, 1.54) is 17.8 Å². The average Bonchev–Trinajstić information content (AvgIpc) is 2.50. The minimum atomic E-state index is -0.733. The third-order valence-electron chi connectivity index (χ3n) is 1.79. The largest absolute Gasteiger partial charge is 0.340 e.